The maximum absolute atomic E-state index is 6.06. The van der Waals surface area contributed by atoms with Gasteiger partial charge in [0.2, 0.25) is 0 Å². The highest BCUT2D eigenvalue weighted by atomic mass is 35.5. The fraction of sp³-hybridized carbons (Fsp3) is 0.143. The third-order valence-electron chi connectivity index (χ3n) is 2.57. The van der Waals surface area contributed by atoms with Crippen LogP contribution in [0.3, 0.4) is 0 Å². The van der Waals surface area contributed by atoms with E-state index in [0.717, 1.165) is 16.9 Å². The summed E-state index contributed by atoms with van der Waals surface area (Å²) in [5.74, 6) is 0.790. The van der Waals surface area contributed by atoms with Crippen molar-refractivity contribution in [1.29, 1.82) is 0 Å². The molecule has 0 fully saturated rings. The average Bonchev–Trinajstić information content (AvgIpc) is 2.38. The van der Waals surface area contributed by atoms with E-state index in [-0.39, 0.29) is 12.4 Å². The second-order valence-corrected chi connectivity index (χ2v) is 4.72. The SMILES string of the molecule is Cl.NCc1ccc(OCc2ccc(Cl)cc2Cl)cc1. The Kier molecular flexibility index (Phi) is 6.46. The second-order valence-electron chi connectivity index (χ2n) is 3.87. The molecular formula is C14H14Cl3NO. The van der Waals surface area contributed by atoms with Crippen LogP contribution in [0.25, 0.3) is 0 Å². The summed E-state index contributed by atoms with van der Waals surface area (Å²) in [6, 6.07) is 13.0. The first-order valence-electron chi connectivity index (χ1n) is 5.55. The maximum Gasteiger partial charge on any atom is 0.119 e. The van der Waals surface area contributed by atoms with Gasteiger partial charge in [0, 0.05) is 22.2 Å². The molecule has 0 amide bonds. The lowest BCUT2D eigenvalue weighted by atomic mass is 10.2. The van der Waals surface area contributed by atoms with Gasteiger partial charge in [0.05, 0.1) is 0 Å². The van der Waals surface area contributed by atoms with Gasteiger partial charge < -0.3 is 10.5 Å². The first-order chi connectivity index (χ1) is 8.69. The van der Waals surface area contributed by atoms with Gasteiger partial charge in [0.1, 0.15) is 12.4 Å². The number of nitrogens with two attached hydrogens (primary N) is 1. The molecule has 19 heavy (non-hydrogen) atoms. The van der Waals surface area contributed by atoms with Gasteiger partial charge in [-0.25, -0.2) is 0 Å². The van der Waals surface area contributed by atoms with E-state index in [1.54, 1.807) is 12.1 Å². The largest absolute Gasteiger partial charge is 0.489 e. The molecule has 0 saturated heterocycles. The van der Waals surface area contributed by atoms with Gasteiger partial charge in [-0.15, -0.1) is 12.4 Å². The molecule has 0 aliphatic rings. The summed E-state index contributed by atoms with van der Waals surface area (Å²) in [6.07, 6.45) is 0. The molecule has 0 bridgehead atoms. The smallest absolute Gasteiger partial charge is 0.119 e. The third-order valence-corrected chi connectivity index (χ3v) is 3.16. The topological polar surface area (TPSA) is 35.2 Å². The van der Waals surface area contributed by atoms with E-state index in [1.165, 1.54) is 0 Å². The highest BCUT2D eigenvalue weighted by Crippen LogP contribution is 2.22. The molecule has 0 atom stereocenters. The summed E-state index contributed by atoms with van der Waals surface area (Å²) in [6.45, 7) is 0.946. The molecule has 2 aromatic carbocycles. The number of rotatable bonds is 4. The molecule has 5 heteroatoms. The highest BCUT2D eigenvalue weighted by molar-refractivity contribution is 6.35. The summed E-state index contributed by atoms with van der Waals surface area (Å²) in [5, 5.41) is 1.23. The van der Waals surface area contributed by atoms with Crippen molar-refractivity contribution in [1.82, 2.24) is 0 Å². The molecule has 2 nitrogen and oxygen atoms in total. The molecule has 2 rings (SSSR count). The van der Waals surface area contributed by atoms with Gasteiger partial charge in [0.25, 0.3) is 0 Å². The number of halogens is 3. The van der Waals surface area contributed by atoms with E-state index in [1.807, 2.05) is 30.3 Å². The zero-order chi connectivity index (χ0) is 13.0. The first kappa shape index (κ1) is 16.1. The van der Waals surface area contributed by atoms with E-state index >= 15 is 0 Å². The summed E-state index contributed by atoms with van der Waals surface area (Å²) in [4.78, 5) is 0. The summed E-state index contributed by atoms with van der Waals surface area (Å²) >= 11 is 11.9. The molecule has 0 unspecified atom stereocenters. The van der Waals surface area contributed by atoms with Crippen LogP contribution >= 0.6 is 35.6 Å². The monoisotopic (exact) mass is 317 g/mol. The van der Waals surface area contributed by atoms with E-state index < -0.39 is 0 Å². The van der Waals surface area contributed by atoms with Crippen LogP contribution < -0.4 is 10.5 Å². The fourth-order valence-electron chi connectivity index (χ4n) is 1.52. The maximum atomic E-state index is 6.06. The lowest BCUT2D eigenvalue weighted by Gasteiger charge is -2.08. The Hall–Kier alpha value is -0.930. The summed E-state index contributed by atoms with van der Waals surface area (Å²) < 4.78 is 5.64. The molecule has 102 valence electrons. The van der Waals surface area contributed by atoms with Gasteiger partial charge in [0.15, 0.2) is 0 Å². The fourth-order valence-corrected chi connectivity index (χ4v) is 1.98. The molecule has 2 aromatic rings. The highest BCUT2D eigenvalue weighted by Gasteiger charge is 2.02. The summed E-state index contributed by atoms with van der Waals surface area (Å²) in [5.41, 5.74) is 7.51. The lowest BCUT2D eigenvalue weighted by molar-refractivity contribution is 0.306. The van der Waals surface area contributed by atoms with Gasteiger partial charge in [-0.3, -0.25) is 0 Å². The van der Waals surface area contributed by atoms with Gasteiger partial charge in [-0.1, -0.05) is 41.4 Å². The van der Waals surface area contributed by atoms with Crippen LogP contribution in [0.5, 0.6) is 5.75 Å². The third kappa shape index (κ3) is 4.59. The normalized spacial score (nSPS) is 9.84. The van der Waals surface area contributed by atoms with Crippen molar-refractivity contribution in [3.8, 4) is 5.75 Å². The molecular weight excluding hydrogens is 305 g/mol. The van der Waals surface area contributed by atoms with Crippen LogP contribution in [0.2, 0.25) is 10.0 Å². The van der Waals surface area contributed by atoms with E-state index in [2.05, 4.69) is 0 Å². The van der Waals surface area contributed by atoms with E-state index in [0.29, 0.717) is 23.2 Å². The van der Waals surface area contributed by atoms with Crippen LogP contribution in [-0.2, 0) is 13.2 Å². The molecule has 0 saturated carbocycles. The van der Waals surface area contributed by atoms with Crippen molar-refractivity contribution in [2.75, 3.05) is 0 Å². The predicted octanol–water partition coefficient (Wildman–Crippen LogP) is 4.45. The molecule has 0 heterocycles. The number of ether oxygens (including phenoxy) is 1. The predicted molar refractivity (Wildman–Crippen MR) is 82.4 cm³/mol. The van der Waals surface area contributed by atoms with Crippen LogP contribution in [0, 0.1) is 0 Å². The zero-order valence-electron chi connectivity index (χ0n) is 10.1. The Labute approximate surface area is 128 Å². The van der Waals surface area contributed by atoms with Crippen molar-refractivity contribution in [3.63, 3.8) is 0 Å². The van der Waals surface area contributed by atoms with E-state index in [9.17, 15) is 0 Å². The molecule has 0 aliphatic heterocycles. The van der Waals surface area contributed by atoms with Gasteiger partial charge in [-0.2, -0.15) is 0 Å². The standard InChI is InChI=1S/C14H13Cl2NO.ClH/c15-12-4-3-11(14(16)7-12)9-18-13-5-1-10(8-17)2-6-13;/h1-7H,8-9,17H2;1H. The van der Waals surface area contributed by atoms with E-state index in [4.69, 9.17) is 33.7 Å². The molecule has 0 radical (unpaired) electrons. The van der Waals surface area contributed by atoms with Crippen molar-refractivity contribution in [2.45, 2.75) is 13.2 Å². The van der Waals surface area contributed by atoms with Gasteiger partial charge >= 0.3 is 0 Å². The van der Waals surface area contributed by atoms with Crippen LogP contribution in [0.15, 0.2) is 42.5 Å². The van der Waals surface area contributed by atoms with Crippen molar-refractivity contribution in [3.05, 3.63) is 63.6 Å². The van der Waals surface area contributed by atoms with Crippen molar-refractivity contribution >= 4 is 35.6 Å². The minimum atomic E-state index is 0. The molecule has 0 aromatic heterocycles. The van der Waals surface area contributed by atoms with Crippen LogP contribution in [0.4, 0.5) is 0 Å². The number of hydrogen-bond acceptors (Lipinski definition) is 2. The van der Waals surface area contributed by atoms with Crippen LogP contribution in [-0.4, -0.2) is 0 Å². The minimum Gasteiger partial charge on any atom is -0.489 e. The molecule has 0 aliphatic carbocycles. The Morgan fingerprint density at radius 2 is 1.68 bits per heavy atom. The van der Waals surface area contributed by atoms with Crippen molar-refractivity contribution < 1.29 is 4.74 Å². The second kappa shape index (κ2) is 7.61. The molecule has 2 N–H and O–H groups in total. The Morgan fingerprint density at radius 3 is 2.26 bits per heavy atom. The van der Waals surface area contributed by atoms with Gasteiger partial charge in [-0.05, 0) is 29.8 Å². The summed E-state index contributed by atoms with van der Waals surface area (Å²) in [7, 11) is 0. The zero-order valence-corrected chi connectivity index (χ0v) is 12.4. The number of benzene rings is 2. The lowest BCUT2D eigenvalue weighted by Crippen LogP contribution is -1.98. The Balaban J connectivity index is 0.00000180. The number of hydrogen-bond donors (Lipinski definition) is 1. The Morgan fingerprint density at radius 1 is 1.00 bits per heavy atom. The van der Waals surface area contributed by atoms with Crippen molar-refractivity contribution in [2.24, 2.45) is 5.73 Å². The first-order valence-corrected chi connectivity index (χ1v) is 6.30. The van der Waals surface area contributed by atoms with Crippen LogP contribution in [0.1, 0.15) is 11.1 Å². The minimum absolute atomic E-state index is 0. The molecule has 0 spiro atoms. The quantitative estimate of drug-likeness (QED) is 0.903. The Bertz CT molecular complexity index is 529. The average molecular weight is 319 g/mol.